The van der Waals surface area contributed by atoms with Crippen LogP contribution in [0.4, 0.5) is 37.6 Å². The molecule has 0 bridgehead atoms. The summed E-state index contributed by atoms with van der Waals surface area (Å²) in [5.41, 5.74) is 1.38. The van der Waals surface area contributed by atoms with Gasteiger partial charge in [-0.1, -0.05) is 12.1 Å². The summed E-state index contributed by atoms with van der Waals surface area (Å²) in [6.07, 6.45) is 2.31. The van der Waals surface area contributed by atoms with Gasteiger partial charge in [0.1, 0.15) is 11.5 Å². The quantitative estimate of drug-likeness (QED) is 0.329. The summed E-state index contributed by atoms with van der Waals surface area (Å²) in [4.78, 5) is 35.9. The van der Waals surface area contributed by atoms with Gasteiger partial charge in [0, 0.05) is 5.69 Å². The number of esters is 1. The van der Waals surface area contributed by atoms with Gasteiger partial charge in [-0.15, -0.1) is 0 Å². The number of halogens is 2. The van der Waals surface area contributed by atoms with E-state index in [0.29, 0.717) is 16.9 Å². The number of nitrogens with zero attached hydrogens (tertiary/aromatic N) is 3. The number of nitrogens with one attached hydrogen (secondary N) is 3. The molecule has 0 aliphatic carbocycles. The SMILES string of the molecule is COC(=O)c1ccc(Nc2ncc(F)c(Nc3ccc(C(=O)Nc4ccccc4F)nc3)n2)cc1. The van der Waals surface area contributed by atoms with E-state index in [4.69, 9.17) is 0 Å². The molecule has 0 radical (unpaired) electrons. The zero-order valence-electron chi connectivity index (χ0n) is 18.3. The van der Waals surface area contributed by atoms with E-state index < -0.39 is 23.5 Å². The Morgan fingerprint density at radius 2 is 1.57 bits per heavy atom. The molecule has 35 heavy (non-hydrogen) atoms. The molecule has 0 aliphatic rings. The Morgan fingerprint density at radius 1 is 0.829 bits per heavy atom. The highest BCUT2D eigenvalue weighted by atomic mass is 19.1. The van der Waals surface area contributed by atoms with Crippen LogP contribution in [0, 0.1) is 11.6 Å². The van der Waals surface area contributed by atoms with Crippen LogP contribution in [0.5, 0.6) is 0 Å². The van der Waals surface area contributed by atoms with E-state index in [9.17, 15) is 18.4 Å². The number of carbonyl (C=O) groups excluding carboxylic acids is 2. The number of methoxy groups -OCH3 is 1. The monoisotopic (exact) mass is 476 g/mol. The van der Waals surface area contributed by atoms with Crippen LogP contribution in [0.2, 0.25) is 0 Å². The summed E-state index contributed by atoms with van der Waals surface area (Å²) in [6.45, 7) is 0. The Kier molecular flexibility index (Phi) is 6.86. The second kappa shape index (κ2) is 10.3. The fraction of sp³-hybridized carbons (Fsp3) is 0.0417. The molecule has 9 nitrogen and oxygen atoms in total. The molecule has 2 aromatic heterocycles. The number of amides is 1. The van der Waals surface area contributed by atoms with Gasteiger partial charge in [-0.25, -0.2) is 23.5 Å². The largest absolute Gasteiger partial charge is 0.465 e. The molecule has 1 amide bonds. The minimum atomic E-state index is -0.710. The van der Waals surface area contributed by atoms with Crippen molar-refractivity contribution in [2.24, 2.45) is 0 Å². The first-order valence-corrected chi connectivity index (χ1v) is 10.2. The number of aromatic nitrogens is 3. The molecule has 2 aromatic carbocycles. The molecule has 0 aliphatic heterocycles. The van der Waals surface area contributed by atoms with Crippen LogP contribution in [0.25, 0.3) is 0 Å². The highest BCUT2D eigenvalue weighted by Gasteiger charge is 2.12. The van der Waals surface area contributed by atoms with Gasteiger partial charge >= 0.3 is 5.97 Å². The van der Waals surface area contributed by atoms with Crippen LogP contribution >= 0.6 is 0 Å². The summed E-state index contributed by atoms with van der Waals surface area (Å²) >= 11 is 0. The van der Waals surface area contributed by atoms with Crippen LogP contribution in [0.15, 0.2) is 73.1 Å². The lowest BCUT2D eigenvalue weighted by Crippen LogP contribution is -2.14. The number of pyridine rings is 1. The predicted molar refractivity (Wildman–Crippen MR) is 125 cm³/mol. The fourth-order valence-corrected chi connectivity index (χ4v) is 2.94. The van der Waals surface area contributed by atoms with Crippen molar-refractivity contribution in [1.82, 2.24) is 15.0 Å². The first kappa shape index (κ1) is 23.2. The third-order valence-electron chi connectivity index (χ3n) is 4.69. The number of carbonyl (C=O) groups is 2. The van der Waals surface area contributed by atoms with Gasteiger partial charge in [-0.05, 0) is 48.5 Å². The number of benzene rings is 2. The maximum Gasteiger partial charge on any atom is 0.337 e. The summed E-state index contributed by atoms with van der Waals surface area (Å²) in [5, 5.41) is 8.12. The van der Waals surface area contributed by atoms with E-state index in [-0.39, 0.29) is 23.1 Å². The van der Waals surface area contributed by atoms with E-state index >= 15 is 0 Å². The molecule has 3 N–H and O–H groups in total. The van der Waals surface area contributed by atoms with Crippen LogP contribution in [0.3, 0.4) is 0 Å². The first-order chi connectivity index (χ1) is 16.9. The van der Waals surface area contributed by atoms with E-state index in [1.807, 2.05) is 0 Å². The molecule has 11 heteroatoms. The van der Waals surface area contributed by atoms with E-state index in [1.54, 1.807) is 30.3 Å². The minimum Gasteiger partial charge on any atom is -0.465 e. The van der Waals surface area contributed by atoms with Crippen molar-refractivity contribution >= 4 is 40.7 Å². The van der Waals surface area contributed by atoms with Crippen molar-refractivity contribution < 1.29 is 23.1 Å². The van der Waals surface area contributed by atoms with Crippen molar-refractivity contribution in [1.29, 1.82) is 0 Å². The molecule has 0 spiro atoms. The van der Waals surface area contributed by atoms with Crippen molar-refractivity contribution in [2.45, 2.75) is 0 Å². The van der Waals surface area contributed by atoms with Crippen molar-refractivity contribution in [3.63, 3.8) is 0 Å². The van der Waals surface area contributed by atoms with Gasteiger partial charge < -0.3 is 20.7 Å². The second-order valence-electron chi connectivity index (χ2n) is 7.08. The predicted octanol–water partition coefficient (Wildman–Crippen LogP) is 4.68. The lowest BCUT2D eigenvalue weighted by atomic mass is 10.2. The molecule has 0 atom stereocenters. The summed E-state index contributed by atoms with van der Waals surface area (Å²) < 4.78 is 32.7. The molecule has 176 valence electrons. The van der Waals surface area contributed by atoms with Gasteiger partial charge in [-0.2, -0.15) is 4.98 Å². The third kappa shape index (κ3) is 5.71. The molecule has 0 unspecified atom stereocenters. The zero-order valence-corrected chi connectivity index (χ0v) is 18.3. The molecule has 0 fully saturated rings. The van der Waals surface area contributed by atoms with Gasteiger partial charge in [-0.3, -0.25) is 4.79 Å². The van der Waals surface area contributed by atoms with Crippen LogP contribution in [-0.2, 0) is 4.74 Å². The average molecular weight is 476 g/mol. The maximum absolute atomic E-state index is 14.3. The lowest BCUT2D eigenvalue weighted by Gasteiger charge is -2.10. The molecular formula is C24H18F2N6O3. The molecular weight excluding hydrogens is 458 g/mol. The summed E-state index contributed by atoms with van der Waals surface area (Å²) in [7, 11) is 1.29. The maximum atomic E-state index is 14.3. The Labute approximate surface area is 198 Å². The van der Waals surface area contributed by atoms with Gasteiger partial charge in [0.25, 0.3) is 5.91 Å². The number of hydrogen-bond acceptors (Lipinski definition) is 8. The second-order valence-corrected chi connectivity index (χ2v) is 7.08. The van der Waals surface area contributed by atoms with Gasteiger partial charge in [0.2, 0.25) is 5.95 Å². The Hall–Kier alpha value is -4.93. The topological polar surface area (TPSA) is 118 Å². The smallest absolute Gasteiger partial charge is 0.337 e. The number of anilines is 5. The Balaban J connectivity index is 1.43. The van der Waals surface area contributed by atoms with Crippen LogP contribution in [0.1, 0.15) is 20.8 Å². The average Bonchev–Trinajstić information content (AvgIpc) is 2.88. The van der Waals surface area contributed by atoms with E-state index in [0.717, 1.165) is 6.20 Å². The first-order valence-electron chi connectivity index (χ1n) is 10.2. The molecule has 4 rings (SSSR count). The Morgan fingerprint density at radius 3 is 2.26 bits per heavy atom. The van der Waals surface area contributed by atoms with E-state index in [2.05, 4.69) is 35.6 Å². The van der Waals surface area contributed by atoms with Crippen LogP contribution in [-0.4, -0.2) is 33.9 Å². The zero-order chi connectivity index (χ0) is 24.8. The van der Waals surface area contributed by atoms with Crippen LogP contribution < -0.4 is 16.0 Å². The highest BCUT2D eigenvalue weighted by molar-refractivity contribution is 6.03. The number of ether oxygens (including phenoxy) is 1. The minimum absolute atomic E-state index is 0.0320. The molecule has 4 aromatic rings. The standard InChI is InChI=1S/C24H18F2N6O3/c1-35-23(34)14-6-8-15(9-7-14)30-24-28-13-18(26)21(32-24)29-16-10-11-20(27-12-16)22(33)31-19-5-3-2-4-17(19)25/h2-13H,1H3,(H,31,33)(H2,28,29,30,32). The third-order valence-corrected chi connectivity index (χ3v) is 4.69. The molecule has 2 heterocycles. The summed E-state index contributed by atoms with van der Waals surface area (Å²) in [6, 6.07) is 15.0. The summed E-state index contributed by atoms with van der Waals surface area (Å²) in [5.74, 6) is -2.36. The normalized spacial score (nSPS) is 10.4. The van der Waals surface area contributed by atoms with Crippen molar-refractivity contribution in [2.75, 3.05) is 23.1 Å². The van der Waals surface area contributed by atoms with Gasteiger partial charge in [0.05, 0.1) is 36.4 Å². The molecule has 0 saturated heterocycles. The lowest BCUT2D eigenvalue weighted by molar-refractivity contribution is 0.0600. The van der Waals surface area contributed by atoms with Crippen molar-refractivity contribution in [3.05, 3.63) is 95.9 Å². The fourth-order valence-electron chi connectivity index (χ4n) is 2.94. The Bertz CT molecular complexity index is 1360. The van der Waals surface area contributed by atoms with Crippen molar-refractivity contribution in [3.8, 4) is 0 Å². The molecule has 0 saturated carbocycles. The number of rotatable bonds is 7. The van der Waals surface area contributed by atoms with Gasteiger partial charge in [0.15, 0.2) is 11.6 Å². The van der Waals surface area contributed by atoms with E-state index in [1.165, 1.54) is 43.6 Å². The number of hydrogen-bond donors (Lipinski definition) is 3. The highest BCUT2D eigenvalue weighted by Crippen LogP contribution is 2.21. The number of para-hydroxylation sites is 1.